The predicted molar refractivity (Wildman–Crippen MR) is 62.9 cm³/mol. The molecule has 0 amide bonds. The number of nitrogens with one attached hydrogen (secondary N) is 1. The SMILES string of the molecule is COc1ccc(NC(C(=O)O)C(C)C)cc1. The van der Waals surface area contributed by atoms with E-state index in [4.69, 9.17) is 9.84 Å². The van der Waals surface area contributed by atoms with Crippen LogP contribution < -0.4 is 10.1 Å². The van der Waals surface area contributed by atoms with Crippen molar-refractivity contribution >= 4 is 11.7 Å². The van der Waals surface area contributed by atoms with E-state index in [0.29, 0.717) is 0 Å². The molecule has 0 saturated carbocycles. The molecular weight excluding hydrogens is 206 g/mol. The van der Waals surface area contributed by atoms with Gasteiger partial charge in [0.15, 0.2) is 0 Å². The van der Waals surface area contributed by atoms with Crippen molar-refractivity contribution < 1.29 is 14.6 Å². The Morgan fingerprint density at radius 1 is 1.31 bits per heavy atom. The van der Waals surface area contributed by atoms with Crippen LogP contribution in [0.4, 0.5) is 5.69 Å². The average molecular weight is 223 g/mol. The minimum Gasteiger partial charge on any atom is -0.497 e. The largest absolute Gasteiger partial charge is 0.497 e. The van der Waals surface area contributed by atoms with E-state index < -0.39 is 12.0 Å². The van der Waals surface area contributed by atoms with E-state index in [9.17, 15) is 4.79 Å². The lowest BCUT2D eigenvalue weighted by atomic mass is 10.0. The third-order valence-corrected chi connectivity index (χ3v) is 2.34. The summed E-state index contributed by atoms with van der Waals surface area (Å²) in [4.78, 5) is 11.0. The highest BCUT2D eigenvalue weighted by atomic mass is 16.5. The molecule has 0 aromatic heterocycles. The first-order valence-corrected chi connectivity index (χ1v) is 5.18. The molecule has 16 heavy (non-hydrogen) atoms. The van der Waals surface area contributed by atoms with Gasteiger partial charge in [0, 0.05) is 5.69 Å². The molecule has 1 unspecified atom stereocenters. The van der Waals surface area contributed by atoms with Crippen LogP contribution in [0.1, 0.15) is 13.8 Å². The molecule has 0 aliphatic rings. The molecule has 0 saturated heterocycles. The number of benzene rings is 1. The maximum atomic E-state index is 11.0. The fraction of sp³-hybridized carbons (Fsp3) is 0.417. The number of carboxylic acid groups (broad SMARTS) is 1. The summed E-state index contributed by atoms with van der Waals surface area (Å²) in [7, 11) is 1.59. The average Bonchev–Trinajstić information content (AvgIpc) is 2.25. The zero-order valence-corrected chi connectivity index (χ0v) is 9.73. The molecule has 1 aromatic carbocycles. The molecule has 2 N–H and O–H groups in total. The molecule has 1 aromatic rings. The van der Waals surface area contributed by atoms with E-state index in [-0.39, 0.29) is 5.92 Å². The van der Waals surface area contributed by atoms with Crippen LogP contribution in [0, 0.1) is 5.92 Å². The normalized spacial score (nSPS) is 12.2. The standard InChI is InChI=1S/C12H17NO3/c1-8(2)11(12(14)15)13-9-4-6-10(16-3)7-5-9/h4-8,11,13H,1-3H3,(H,14,15). The van der Waals surface area contributed by atoms with Gasteiger partial charge in [0.1, 0.15) is 11.8 Å². The van der Waals surface area contributed by atoms with Gasteiger partial charge in [-0.2, -0.15) is 0 Å². The van der Waals surface area contributed by atoms with Crippen molar-refractivity contribution in [3.8, 4) is 5.75 Å². The predicted octanol–water partition coefficient (Wildman–Crippen LogP) is 2.22. The van der Waals surface area contributed by atoms with Crippen LogP contribution in [0.15, 0.2) is 24.3 Å². The number of rotatable bonds is 5. The Labute approximate surface area is 95.2 Å². The number of ether oxygens (including phenoxy) is 1. The minimum atomic E-state index is -0.842. The van der Waals surface area contributed by atoms with Crippen LogP contribution in [0.25, 0.3) is 0 Å². The number of hydrogen-bond donors (Lipinski definition) is 2. The van der Waals surface area contributed by atoms with Crippen molar-refractivity contribution in [2.45, 2.75) is 19.9 Å². The Hall–Kier alpha value is -1.71. The minimum absolute atomic E-state index is 0.0274. The van der Waals surface area contributed by atoms with Crippen molar-refractivity contribution in [2.24, 2.45) is 5.92 Å². The molecule has 1 atom stereocenters. The lowest BCUT2D eigenvalue weighted by molar-refractivity contribution is -0.138. The van der Waals surface area contributed by atoms with E-state index in [2.05, 4.69) is 5.32 Å². The Kier molecular flexibility index (Phi) is 4.17. The third-order valence-electron chi connectivity index (χ3n) is 2.34. The molecule has 0 heterocycles. The highest BCUT2D eigenvalue weighted by Gasteiger charge is 2.20. The summed E-state index contributed by atoms with van der Waals surface area (Å²) in [5.41, 5.74) is 0.780. The van der Waals surface area contributed by atoms with Crippen molar-refractivity contribution in [3.05, 3.63) is 24.3 Å². The monoisotopic (exact) mass is 223 g/mol. The van der Waals surface area contributed by atoms with Crippen molar-refractivity contribution in [1.82, 2.24) is 0 Å². The van der Waals surface area contributed by atoms with Crippen LogP contribution in [-0.4, -0.2) is 24.2 Å². The van der Waals surface area contributed by atoms with Gasteiger partial charge in [-0.1, -0.05) is 13.8 Å². The molecule has 1 rings (SSSR count). The van der Waals surface area contributed by atoms with E-state index in [0.717, 1.165) is 11.4 Å². The van der Waals surface area contributed by atoms with Crippen molar-refractivity contribution in [2.75, 3.05) is 12.4 Å². The summed E-state index contributed by atoms with van der Waals surface area (Å²) in [6, 6.07) is 6.62. The smallest absolute Gasteiger partial charge is 0.326 e. The van der Waals surface area contributed by atoms with Gasteiger partial charge >= 0.3 is 5.97 Å². The van der Waals surface area contributed by atoms with Crippen molar-refractivity contribution in [3.63, 3.8) is 0 Å². The van der Waals surface area contributed by atoms with Crippen LogP contribution in [-0.2, 0) is 4.79 Å². The molecule has 0 spiro atoms. The zero-order chi connectivity index (χ0) is 12.1. The molecule has 0 fully saturated rings. The summed E-state index contributed by atoms with van der Waals surface area (Å²) in [6.45, 7) is 3.74. The fourth-order valence-corrected chi connectivity index (χ4v) is 1.38. The van der Waals surface area contributed by atoms with E-state index in [1.165, 1.54) is 0 Å². The highest BCUT2D eigenvalue weighted by molar-refractivity contribution is 5.77. The number of hydrogen-bond acceptors (Lipinski definition) is 3. The molecule has 0 radical (unpaired) electrons. The third kappa shape index (κ3) is 3.15. The van der Waals surface area contributed by atoms with Gasteiger partial charge < -0.3 is 15.2 Å². The molecule has 0 bridgehead atoms. The van der Waals surface area contributed by atoms with Gasteiger partial charge in [-0.15, -0.1) is 0 Å². The summed E-state index contributed by atoms with van der Waals surface area (Å²) < 4.78 is 5.02. The summed E-state index contributed by atoms with van der Waals surface area (Å²) in [5, 5.41) is 12.0. The Balaban J connectivity index is 2.74. The summed E-state index contributed by atoms with van der Waals surface area (Å²) >= 11 is 0. The highest BCUT2D eigenvalue weighted by Crippen LogP contribution is 2.17. The van der Waals surface area contributed by atoms with Crippen LogP contribution in [0.2, 0.25) is 0 Å². The van der Waals surface area contributed by atoms with Crippen molar-refractivity contribution in [1.29, 1.82) is 0 Å². The van der Waals surface area contributed by atoms with Crippen LogP contribution in [0.3, 0.4) is 0 Å². The molecule has 4 nitrogen and oxygen atoms in total. The number of carbonyl (C=O) groups is 1. The van der Waals surface area contributed by atoms with Gasteiger partial charge in [0.25, 0.3) is 0 Å². The maximum absolute atomic E-state index is 11.0. The lowest BCUT2D eigenvalue weighted by Crippen LogP contribution is -2.34. The first kappa shape index (κ1) is 12.4. The molecule has 0 aliphatic heterocycles. The number of aliphatic carboxylic acids is 1. The molecule has 0 aliphatic carbocycles. The van der Waals surface area contributed by atoms with E-state index in [1.807, 2.05) is 13.8 Å². The van der Waals surface area contributed by atoms with Gasteiger partial charge in [0.05, 0.1) is 7.11 Å². The topological polar surface area (TPSA) is 58.6 Å². The number of carboxylic acids is 1. The second-order valence-corrected chi connectivity index (χ2v) is 3.93. The van der Waals surface area contributed by atoms with Crippen LogP contribution in [0.5, 0.6) is 5.75 Å². The first-order valence-electron chi connectivity index (χ1n) is 5.18. The lowest BCUT2D eigenvalue weighted by Gasteiger charge is -2.19. The van der Waals surface area contributed by atoms with Crippen LogP contribution >= 0.6 is 0 Å². The summed E-state index contributed by atoms with van der Waals surface area (Å²) in [6.07, 6.45) is 0. The fourth-order valence-electron chi connectivity index (χ4n) is 1.38. The number of anilines is 1. The van der Waals surface area contributed by atoms with Gasteiger partial charge in [-0.3, -0.25) is 0 Å². The Bertz CT molecular complexity index is 346. The molecular formula is C12H17NO3. The second-order valence-electron chi connectivity index (χ2n) is 3.93. The first-order chi connectivity index (χ1) is 7.54. The van der Waals surface area contributed by atoms with Gasteiger partial charge in [-0.05, 0) is 30.2 Å². The molecule has 4 heteroatoms. The Morgan fingerprint density at radius 2 is 1.88 bits per heavy atom. The summed E-state index contributed by atoms with van der Waals surface area (Å²) in [5.74, 6) is -0.0626. The maximum Gasteiger partial charge on any atom is 0.326 e. The van der Waals surface area contributed by atoms with E-state index >= 15 is 0 Å². The Morgan fingerprint density at radius 3 is 2.25 bits per heavy atom. The van der Waals surface area contributed by atoms with E-state index in [1.54, 1.807) is 31.4 Å². The van der Waals surface area contributed by atoms with Gasteiger partial charge in [0.2, 0.25) is 0 Å². The quantitative estimate of drug-likeness (QED) is 0.803. The zero-order valence-electron chi connectivity index (χ0n) is 9.73. The molecule has 88 valence electrons. The number of methoxy groups -OCH3 is 1. The van der Waals surface area contributed by atoms with Gasteiger partial charge in [-0.25, -0.2) is 4.79 Å². The second kappa shape index (κ2) is 5.39.